The molecule has 1 aromatic carbocycles. The van der Waals surface area contributed by atoms with Crippen molar-refractivity contribution < 1.29 is 14.2 Å². The average molecular weight is 276 g/mol. The monoisotopic (exact) mass is 276 g/mol. The van der Waals surface area contributed by atoms with Crippen LogP contribution in [0.2, 0.25) is 0 Å². The summed E-state index contributed by atoms with van der Waals surface area (Å²) >= 11 is 0. The molecule has 0 atom stereocenters. The maximum absolute atomic E-state index is 6.09. The van der Waals surface area contributed by atoms with Crippen LogP contribution >= 0.6 is 0 Å². The molecule has 1 aromatic rings. The lowest BCUT2D eigenvalue weighted by molar-refractivity contribution is -0.287. The lowest BCUT2D eigenvalue weighted by atomic mass is 9.83. The van der Waals surface area contributed by atoms with Crippen molar-refractivity contribution in [3.8, 4) is 5.75 Å². The molecule has 20 heavy (non-hydrogen) atoms. The fraction of sp³-hybridized carbons (Fsp3) is 0.529. The highest BCUT2D eigenvalue weighted by Crippen LogP contribution is 2.41. The Labute approximate surface area is 121 Å². The zero-order valence-corrected chi connectivity index (χ0v) is 12.6. The number of ether oxygens (including phenoxy) is 3. The van der Waals surface area contributed by atoms with Crippen LogP contribution in [-0.4, -0.2) is 20.3 Å². The van der Waals surface area contributed by atoms with Crippen LogP contribution in [0.1, 0.15) is 32.3 Å². The first-order valence-corrected chi connectivity index (χ1v) is 7.19. The summed E-state index contributed by atoms with van der Waals surface area (Å²) in [5.74, 6) is -0.0136. The molecule has 0 N–H and O–H groups in total. The Morgan fingerprint density at radius 2 is 1.70 bits per heavy atom. The standard InChI is InChI=1S/C17H24O3/c1-5-16(6-2)12-19-17(7-3,20-13-16)14-8-10-15(18-4)11-9-14/h7-11H,3,5-6,12-13H2,1-2,4H3. The van der Waals surface area contributed by atoms with E-state index in [1.54, 1.807) is 13.2 Å². The Balaban J connectivity index is 2.21. The minimum Gasteiger partial charge on any atom is -0.497 e. The van der Waals surface area contributed by atoms with Gasteiger partial charge >= 0.3 is 0 Å². The number of benzene rings is 1. The summed E-state index contributed by atoms with van der Waals surface area (Å²) in [6.45, 7) is 9.65. The van der Waals surface area contributed by atoms with E-state index in [0.717, 1.165) is 24.2 Å². The number of hydrogen-bond donors (Lipinski definition) is 0. The van der Waals surface area contributed by atoms with Crippen molar-refractivity contribution >= 4 is 0 Å². The zero-order valence-electron chi connectivity index (χ0n) is 12.6. The van der Waals surface area contributed by atoms with Crippen molar-refractivity contribution in [3.63, 3.8) is 0 Å². The predicted octanol–water partition coefficient (Wildman–Crippen LogP) is 3.89. The van der Waals surface area contributed by atoms with Gasteiger partial charge in [-0.2, -0.15) is 0 Å². The average Bonchev–Trinajstić information content (AvgIpc) is 2.55. The van der Waals surface area contributed by atoms with Gasteiger partial charge in [-0.05, 0) is 43.2 Å². The highest BCUT2D eigenvalue weighted by molar-refractivity contribution is 5.32. The molecular weight excluding hydrogens is 252 g/mol. The van der Waals surface area contributed by atoms with Gasteiger partial charge in [0.1, 0.15) is 5.75 Å². The molecule has 1 aliphatic heterocycles. The van der Waals surface area contributed by atoms with Crippen LogP contribution in [-0.2, 0) is 15.3 Å². The Kier molecular flexibility index (Phi) is 4.51. The molecule has 0 unspecified atom stereocenters. The molecule has 1 fully saturated rings. The number of methoxy groups -OCH3 is 1. The predicted molar refractivity (Wildman–Crippen MR) is 79.8 cm³/mol. The van der Waals surface area contributed by atoms with E-state index in [2.05, 4.69) is 20.4 Å². The quantitative estimate of drug-likeness (QED) is 0.764. The highest BCUT2D eigenvalue weighted by atomic mass is 16.7. The smallest absolute Gasteiger partial charge is 0.214 e. The van der Waals surface area contributed by atoms with Crippen molar-refractivity contribution in [2.24, 2.45) is 5.41 Å². The molecule has 0 aliphatic carbocycles. The number of rotatable bonds is 5. The Morgan fingerprint density at radius 3 is 2.10 bits per heavy atom. The Bertz CT molecular complexity index is 436. The van der Waals surface area contributed by atoms with Gasteiger partial charge in [0.05, 0.1) is 20.3 Å². The largest absolute Gasteiger partial charge is 0.497 e. The van der Waals surface area contributed by atoms with Crippen LogP contribution in [0.4, 0.5) is 0 Å². The van der Waals surface area contributed by atoms with Crippen LogP contribution in [0.25, 0.3) is 0 Å². The maximum atomic E-state index is 6.09. The van der Waals surface area contributed by atoms with Crippen molar-refractivity contribution in [3.05, 3.63) is 42.5 Å². The van der Waals surface area contributed by atoms with Gasteiger partial charge < -0.3 is 14.2 Å². The van der Waals surface area contributed by atoms with E-state index in [0.29, 0.717) is 13.2 Å². The van der Waals surface area contributed by atoms with E-state index in [1.165, 1.54) is 0 Å². The van der Waals surface area contributed by atoms with E-state index in [-0.39, 0.29) is 5.41 Å². The molecule has 3 nitrogen and oxygen atoms in total. The normalized spacial score (nSPS) is 20.4. The van der Waals surface area contributed by atoms with Crippen molar-refractivity contribution in [2.45, 2.75) is 32.5 Å². The van der Waals surface area contributed by atoms with Gasteiger partial charge in [-0.15, -0.1) is 0 Å². The Morgan fingerprint density at radius 1 is 1.15 bits per heavy atom. The van der Waals surface area contributed by atoms with Crippen LogP contribution in [0, 0.1) is 5.41 Å². The van der Waals surface area contributed by atoms with E-state index >= 15 is 0 Å². The zero-order chi connectivity index (χ0) is 14.6. The summed E-state index contributed by atoms with van der Waals surface area (Å²) in [6, 6.07) is 7.75. The van der Waals surface area contributed by atoms with Gasteiger partial charge in [0, 0.05) is 11.0 Å². The minimum atomic E-state index is -0.833. The number of hydrogen-bond acceptors (Lipinski definition) is 3. The van der Waals surface area contributed by atoms with Gasteiger partial charge in [-0.1, -0.05) is 20.4 Å². The van der Waals surface area contributed by atoms with Crippen LogP contribution < -0.4 is 4.74 Å². The second-order valence-electron chi connectivity index (χ2n) is 5.38. The third-order valence-corrected chi connectivity index (χ3v) is 4.45. The lowest BCUT2D eigenvalue weighted by Crippen LogP contribution is -2.46. The maximum Gasteiger partial charge on any atom is 0.214 e. The van der Waals surface area contributed by atoms with Crippen molar-refractivity contribution in [2.75, 3.05) is 20.3 Å². The molecule has 0 spiro atoms. The van der Waals surface area contributed by atoms with Gasteiger partial charge in [-0.25, -0.2) is 0 Å². The van der Waals surface area contributed by atoms with Crippen LogP contribution in [0.3, 0.4) is 0 Å². The fourth-order valence-corrected chi connectivity index (χ4v) is 2.49. The first-order chi connectivity index (χ1) is 9.63. The molecule has 0 amide bonds. The molecule has 1 heterocycles. The summed E-state index contributed by atoms with van der Waals surface area (Å²) in [7, 11) is 1.66. The lowest BCUT2D eigenvalue weighted by Gasteiger charge is -2.44. The van der Waals surface area contributed by atoms with E-state index in [9.17, 15) is 0 Å². The summed E-state index contributed by atoms with van der Waals surface area (Å²) in [6.07, 6.45) is 3.85. The van der Waals surface area contributed by atoms with Crippen molar-refractivity contribution in [1.82, 2.24) is 0 Å². The van der Waals surface area contributed by atoms with E-state index < -0.39 is 5.79 Å². The topological polar surface area (TPSA) is 27.7 Å². The van der Waals surface area contributed by atoms with Crippen LogP contribution in [0.15, 0.2) is 36.9 Å². The third kappa shape index (κ3) is 2.60. The third-order valence-electron chi connectivity index (χ3n) is 4.45. The summed E-state index contributed by atoms with van der Waals surface area (Å²) in [5, 5.41) is 0. The van der Waals surface area contributed by atoms with Gasteiger partial charge in [0.2, 0.25) is 5.79 Å². The first-order valence-electron chi connectivity index (χ1n) is 7.19. The van der Waals surface area contributed by atoms with Gasteiger partial charge in [0.15, 0.2) is 0 Å². The molecule has 3 heteroatoms. The molecule has 0 radical (unpaired) electrons. The van der Waals surface area contributed by atoms with E-state index in [4.69, 9.17) is 14.2 Å². The molecule has 110 valence electrons. The first kappa shape index (κ1) is 15.1. The molecule has 2 rings (SSSR count). The molecule has 0 bridgehead atoms. The molecule has 0 saturated carbocycles. The SMILES string of the molecule is C=CC1(c2ccc(OC)cc2)OCC(CC)(CC)CO1. The summed E-state index contributed by atoms with van der Waals surface area (Å²) in [5.41, 5.74) is 1.08. The van der Waals surface area contributed by atoms with Crippen LogP contribution in [0.5, 0.6) is 5.75 Å². The molecule has 1 saturated heterocycles. The van der Waals surface area contributed by atoms with E-state index in [1.807, 2.05) is 24.3 Å². The highest BCUT2D eigenvalue weighted by Gasteiger charge is 2.42. The van der Waals surface area contributed by atoms with Gasteiger partial charge in [-0.3, -0.25) is 0 Å². The fourth-order valence-electron chi connectivity index (χ4n) is 2.49. The molecule has 0 aromatic heterocycles. The van der Waals surface area contributed by atoms with Crippen molar-refractivity contribution in [1.29, 1.82) is 0 Å². The second kappa shape index (κ2) is 5.98. The second-order valence-corrected chi connectivity index (χ2v) is 5.38. The molecular formula is C17H24O3. The molecule has 1 aliphatic rings. The van der Waals surface area contributed by atoms with Gasteiger partial charge in [0.25, 0.3) is 0 Å². The summed E-state index contributed by atoms with van der Waals surface area (Å²) < 4.78 is 17.4. The minimum absolute atomic E-state index is 0.124. The Hall–Kier alpha value is -1.32. The summed E-state index contributed by atoms with van der Waals surface area (Å²) in [4.78, 5) is 0.